The van der Waals surface area contributed by atoms with Crippen LogP contribution in [0.25, 0.3) is 0 Å². The van der Waals surface area contributed by atoms with Gasteiger partial charge in [0.2, 0.25) is 0 Å². The number of rotatable bonds is 2. The Balaban J connectivity index is 1.94. The Bertz CT molecular complexity index is 419. The van der Waals surface area contributed by atoms with E-state index in [9.17, 15) is 10.2 Å². The van der Waals surface area contributed by atoms with Crippen LogP contribution in [0.2, 0.25) is 0 Å². The van der Waals surface area contributed by atoms with Gasteiger partial charge in [-0.2, -0.15) is 0 Å². The molecule has 3 rings (SSSR count). The van der Waals surface area contributed by atoms with E-state index in [0.717, 1.165) is 36.8 Å². The van der Waals surface area contributed by atoms with Crippen molar-refractivity contribution < 1.29 is 10.2 Å². The van der Waals surface area contributed by atoms with Gasteiger partial charge in [-0.25, -0.2) is 0 Å². The molecule has 0 aromatic heterocycles. The lowest BCUT2D eigenvalue weighted by Gasteiger charge is -2.20. The number of aryl methyl sites for hydroxylation is 1. The molecule has 0 heterocycles. The summed E-state index contributed by atoms with van der Waals surface area (Å²) in [6, 6.07) is 4.13. The first kappa shape index (κ1) is 10.2. The minimum Gasteiger partial charge on any atom is -0.507 e. The van der Waals surface area contributed by atoms with Crippen molar-refractivity contribution in [1.82, 2.24) is 0 Å². The zero-order chi connectivity index (χ0) is 11.2. The highest BCUT2D eigenvalue weighted by Crippen LogP contribution is 2.41. The van der Waals surface area contributed by atoms with Crippen LogP contribution >= 0.6 is 0 Å². The van der Waals surface area contributed by atoms with E-state index in [1.807, 2.05) is 6.07 Å². The molecule has 1 aromatic rings. The maximum Gasteiger partial charge on any atom is 0.122 e. The molecule has 0 bridgehead atoms. The van der Waals surface area contributed by atoms with Gasteiger partial charge in [0.15, 0.2) is 0 Å². The monoisotopic (exact) mass is 218 g/mol. The summed E-state index contributed by atoms with van der Waals surface area (Å²) < 4.78 is 0. The fraction of sp³-hybridized carbons (Fsp3) is 0.571. The maximum absolute atomic E-state index is 10.2. The number of phenols is 1. The van der Waals surface area contributed by atoms with Crippen molar-refractivity contribution >= 4 is 0 Å². The SMILES string of the molecule is Oc1c(CC2(O)CC2)ccc2c1CCCC2. The van der Waals surface area contributed by atoms with Crippen LogP contribution in [0.4, 0.5) is 0 Å². The minimum atomic E-state index is -0.514. The molecule has 0 unspecified atom stereocenters. The summed E-state index contributed by atoms with van der Waals surface area (Å²) >= 11 is 0. The van der Waals surface area contributed by atoms with Gasteiger partial charge >= 0.3 is 0 Å². The van der Waals surface area contributed by atoms with E-state index in [4.69, 9.17) is 0 Å². The number of aliphatic hydroxyl groups is 1. The Hall–Kier alpha value is -1.02. The van der Waals surface area contributed by atoms with Gasteiger partial charge in [0, 0.05) is 6.42 Å². The molecule has 2 N–H and O–H groups in total. The number of fused-ring (bicyclic) bond motifs is 1. The standard InChI is InChI=1S/C14H18O2/c15-13-11(9-14(16)7-8-14)6-5-10-3-1-2-4-12(10)13/h5-6,15-16H,1-4,7-9H2. The van der Waals surface area contributed by atoms with Crippen molar-refractivity contribution in [3.63, 3.8) is 0 Å². The zero-order valence-corrected chi connectivity index (χ0v) is 9.50. The normalized spacial score (nSPS) is 21.6. The third-order valence-corrected chi connectivity index (χ3v) is 3.93. The molecule has 0 saturated heterocycles. The Morgan fingerprint density at radius 3 is 2.62 bits per heavy atom. The van der Waals surface area contributed by atoms with E-state index < -0.39 is 5.60 Å². The predicted octanol–water partition coefficient (Wildman–Crippen LogP) is 2.34. The first-order valence-electron chi connectivity index (χ1n) is 6.23. The lowest BCUT2D eigenvalue weighted by Crippen LogP contribution is -2.12. The molecule has 0 aliphatic heterocycles. The third kappa shape index (κ3) is 1.71. The zero-order valence-electron chi connectivity index (χ0n) is 9.50. The molecule has 1 aromatic carbocycles. The Labute approximate surface area is 95.9 Å². The second-order valence-corrected chi connectivity index (χ2v) is 5.32. The molecule has 2 heteroatoms. The van der Waals surface area contributed by atoms with E-state index in [0.29, 0.717) is 12.2 Å². The van der Waals surface area contributed by atoms with Crippen molar-refractivity contribution in [2.75, 3.05) is 0 Å². The lowest BCUT2D eigenvalue weighted by atomic mass is 9.88. The number of benzene rings is 1. The van der Waals surface area contributed by atoms with Crippen molar-refractivity contribution in [3.8, 4) is 5.75 Å². The number of hydrogen-bond donors (Lipinski definition) is 2. The van der Waals surface area contributed by atoms with E-state index >= 15 is 0 Å². The van der Waals surface area contributed by atoms with Gasteiger partial charge in [-0.1, -0.05) is 12.1 Å². The smallest absolute Gasteiger partial charge is 0.122 e. The summed E-state index contributed by atoms with van der Waals surface area (Å²) in [4.78, 5) is 0. The first-order valence-corrected chi connectivity index (χ1v) is 6.23. The molecule has 1 fully saturated rings. The first-order chi connectivity index (χ1) is 7.68. The molecule has 2 aliphatic rings. The average Bonchev–Trinajstić information content (AvgIpc) is 3.01. The van der Waals surface area contributed by atoms with Crippen LogP contribution in [0.1, 0.15) is 42.4 Å². The Morgan fingerprint density at radius 2 is 1.88 bits per heavy atom. The molecule has 0 atom stereocenters. The van der Waals surface area contributed by atoms with Crippen molar-refractivity contribution in [1.29, 1.82) is 0 Å². The van der Waals surface area contributed by atoms with Crippen molar-refractivity contribution in [3.05, 3.63) is 28.8 Å². The van der Waals surface area contributed by atoms with Crippen LogP contribution in [0, 0.1) is 0 Å². The van der Waals surface area contributed by atoms with Crippen molar-refractivity contribution in [2.45, 2.75) is 50.5 Å². The van der Waals surface area contributed by atoms with Gasteiger partial charge in [0.1, 0.15) is 5.75 Å². The number of hydrogen-bond acceptors (Lipinski definition) is 2. The molecule has 86 valence electrons. The minimum absolute atomic E-state index is 0.456. The summed E-state index contributed by atoms with van der Waals surface area (Å²) in [7, 11) is 0. The molecule has 0 spiro atoms. The molecule has 1 saturated carbocycles. The topological polar surface area (TPSA) is 40.5 Å². The van der Waals surface area contributed by atoms with E-state index in [1.54, 1.807) is 0 Å². The quantitative estimate of drug-likeness (QED) is 0.800. The number of aromatic hydroxyl groups is 1. The second kappa shape index (κ2) is 3.49. The second-order valence-electron chi connectivity index (χ2n) is 5.32. The van der Waals surface area contributed by atoms with E-state index in [1.165, 1.54) is 18.4 Å². The van der Waals surface area contributed by atoms with Crippen LogP contribution in [0.15, 0.2) is 12.1 Å². The van der Waals surface area contributed by atoms with Crippen LogP contribution in [-0.4, -0.2) is 15.8 Å². The van der Waals surface area contributed by atoms with Gasteiger partial charge in [-0.05, 0) is 55.2 Å². The van der Waals surface area contributed by atoms with Gasteiger partial charge in [0.25, 0.3) is 0 Å². The van der Waals surface area contributed by atoms with Gasteiger partial charge in [0.05, 0.1) is 5.60 Å². The average molecular weight is 218 g/mol. The van der Waals surface area contributed by atoms with Gasteiger partial charge < -0.3 is 10.2 Å². The van der Waals surface area contributed by atoms with Gasteiger partial charge in [-0.3, -0.25) is 0 Å². The van der Waals surface area contributed by atoms with Gasteiger partial charge in [-0.15, -0.1) is 0 Å². The fourth-order valence-electron chi connectivity index (χ4n) is 2.68. The molecular weight excluding hydrogens is 200 g/mol. The Morgan fingerprint density at radius 1 is 1.12 bits per heavy atom. The lowest BCUT2D eigenvalue weighted by molar-refractivity contribution is 0.150. The molecule has 0 radical (unpaired) electrons. The van der Waals surface area contributed by atoms with Crippen molar-refractivity contribution in [2.24, 2.45) is 0 Å². The summed E-state index contributed by atoms with van der Waals surface area (Å²) in [5, 5.41) is 20.1. The highest BCUT2D eigenvalue weighted by atomic mass is 16.3. The molecule has 2 aliphatic carbocycles. The van der Waals surface area contributed by atoms with E-state index in [-0.39, 0.29) is 0 Å². The summed E-state index contributed by atoms with van der Waals surface area (Å²) in [5.41, 5.74) is 2.85. The van der Waals surface area contributed by atoms with Crippen LogP contribution in [0.3, 0.4) is 0 Å². The molecular formula is C14H18O2. The van der Waals surface area contributed by atoms with Crippen LogP contribution in [0.5, 0.6) is 5.75 Å². The third-order valence-electron chi connectivity index (χ3n) is 3.93. The van der Waals surface area contributed by atoms with E-state index in [2.05, 4.69) is 6.07 Å². The highest BCUT2D eigenvalue weighted by Gasteiger charge is 2.40. The highest BCUT2D eigenvalue weighted by molar-refractivity contribution is 5.47. The number of phenolic OH excluding ortho intramolecular Hbond substituents is 1. The summed E-state index contributed by atoms with van der Waals surface area (Å²) in [5.74, 6) is 0.456. The fourth-order valence-corrected chi connectivity index (χ4v) is 2.68. The summed E-state index contributed by atoms with van der Waals surface area (Å²) in [6.45, 7) is 0. The van der Waals surface area contributed by atoms with Crippen LogP contribution < -0.4 is 0 Å². The largest absolute Gasteiger partial charge is 0.507 e. The maximum atomic E-state index is 10.2. The molecule has 0 amide bonds. The summed E-state index contributed by atoms with van der Waals surface area (Å²) in [6.07, 6.45) is 6.87. The molecule has 16 heavy (non-hydrogen) atoms. The predicted molar refractivity (Wildman–Crippen MR) is 62.6 cm³/mol. The van der Waals surface area contributed by atoms with Crippen LogP contribution in [-0.2, 0) is 19.3 Å². The molecule has 2 nitrogen and oxygen atoms in total. The Kier molecular flexibility index (Phi) is 2.21.